The summed E-state index contributed by atoms with van der Waals surface area (Å²) in [6, 6.07) is 11.9. The summed E-state index contributed by atoms with van der Waals surface area (Å²) in [4.78, 5) is 16.8. The number of carbonyl (C=O) groups excluding carboxylic acids is 1. The second kappa shape index (κ2) is 11.5. The van der Waals surface area contributed by atoms with Crippen molar-refractivity contribution in [1.82, 2.24) is 10.3 Å². The number of morpholine rings is 1. The molecule has 1 fully saturated rings. The molecule has 3 aromatic rings. The third-order valence-electron chi connectivity index (χ3n) is 6.23. The number of benzene rings is 2. The van der Waals surface area contributed by atoms with Crippen LogP contribution < -0.4 is 10.6 Å². The van der Waals surface area contributed by atoms with Crippen molar-refractivity contribution in [3.63, 3.8) is 0 Å². The van der Waals surface area contributed by atoms with Crippen LogP contribution in [0.15, 0.2) is 60.9 Å². The Hall–Kier alpha value is -3.23. The molecular formula is C27H28F3N3O2. The Morgan fingerprint density at radius 1 is 1.14 bits per heavy atom. The lowest BCUT2D eigenvalue weighted by atomic mass is 9.88. The van der Waals surface area contributed by atoms with E-state index in [0.717, 1.165) is 6.20 Å². The molecule has 1 aliphatic heterocycles. The van der Waals surface area contributed by atoms with E-state index < -0.39 is 29.3 Å². The van der Waals surface area contributed by atoms with E-state index in [1.165, 1.54) is 48.7 Å². The van der Waals surface area contributed by atoms with Crippen LogP contribution in [0, 0.1) is 17.5 Å². The number of carbonyl (C=O) groups is 1. The minimum absolute atomic E-state index is 0.0353. The molecule has 1 amide bonds. The van der Waals surface area contributed by atoms with Gasteiger partial charge in [0.1, 0.15) is 17.5 Å². The molecule has 2 aromatic carbocycles. The number of rotatable bonds is 8. The lowest BCUT2D eigenvalue weighted by Gasteiger charge is -2.28. The van der Waals surface area contributed by atoms with Gasteiger partial charge < -0.3 is 15.4 Å². The molecule has 0 radical (unpaired) electrons. The maximum atomic E-state index is 14.7. The number of aromatic nitrogens is 1. The first-order valence-electron chi connectivity index (χ1n) is 11.7. The molecule has 35 heavy (non-hydrogen) atoms. The van der Waals surface area contributed by atoms with E-state index in [1.807, 2.05) is 6.92 Å². The number of hydrogen-bond acceptors (Lipinski definition) is 4. The van der Waals surface area contributed by atoms with Crippen LogP contribution >= 0.6 is 0 Å². The molecule has 3 atom stereocenters. The second-order valence-corrected chi connectivity index (χ2v) is 8.82. The van der Waals surface area contributed by atoms with Crippen LogP contribution in [-0.2, 0) is 16.0 Å². The van der Waals surface area contributed by atoms with E-state index >= 15 is 0 Å². The van der Waals surface area contributed by atoms with Gasteiger partial charge in [-0.25, -0.2) is 13.2 Å². The Kier molecular flexibility index (Phi) is 8.15. The number of pyridine rings is 1. The number of nitrogens with zero attached hydrogens (tertiary/aromatic N) is 1. The van der Waals surface area contributed by atoms with E-state index in [9.17, 15) is 18.0 Å². The van der Waals surface area contributed by atoms with Crippen LogP contribution in [0.5, 0.6) is 0 Å². The molecule has 4 rings (SSSR count). The maximum Gasteiger partial charge on any atom is 0.225 e. The topological polar surface area (TPSA) is 63.2 Å². The monoisotopic (exact) mass is 483 g/mol. The van der Waals surface area contributed by atoms with Crippen LogP contribution in [0.4, 0.5) is 18.9 Å². The maximum absolute atomic E-state index is 14.7. The van der Waals surface area contributed by atoms with Crippen LogP contribution in [0.2, 0.25) is 0 Å². The summed E-state index contributed by atoms with van der Waals surface area (Å²) in [5, 5.41) is 6.14. The van der Waals surface area contributed by atoms with E-state index in [4.69, 9.17) is 4.74 Å². The smallest absolute Gasteiger partial charge is 0.225 e. The molecule has 1 saturated heterocycles. The highest BCUT2D eigenvalue weighted by atomic mass is 19.1. The molecule has 8 heteroatoms. The fourth-order valence-corrected chi connectivity index (χ4v) is 4.31. The van der Waals surface area contributed by atoms with Crippen molar-refractivity contribution in [1.29, 1.82) is 0 Å². The minimum atomic E-state index is -0.667. The van der Waals surface area contributed by atoms with Crippen molar-refractivity contribution in [3.05, 3.63) is 95.1 Å². The summed E-state index contributed by atoms with van der Waals surface area (Å²) in [6.45, 7) is 3.33. The van der Waals surface area contributed by atoms with Gasteiger partial charge in [-0.05, 0) is 61.2 Å². The van der Waals surface area contributed by atoms with Crippen LogP contribution in [0.25, 0.3) is 0 Å². The molecule has 0 spiro atoms. The molecule has 0 saturated carbocycles. The summed E-state index contributed by atoms with van der Waals surface area (Å²) >= 11 is 0. The van der Waals surface area contributed by atoms with Crippen molar-refractivity contribution in [2.45, 2.75) is 44.2 Å². The van der Waals surface area contributed by atoms with Gasteiger partial charge in [-0.3, -0.25) is 9.78 Å². The molecule has 2 N–H and O–H groups in total. The quantitative estimate of drug-likeness (QED) is 0.475. The molecule has 5 nitrogen and oxygen atoms in total. The van der Waals surface area contributed by atoms with E-state index in [0.29, 0.717) is 42.8 Å². The van der Waals surface area contributed by atoms with Gasteiger partial charge in [-0.2, -0.15) is 0 Å². The van der Waals surface area contributed by atoms with E-state index in [-0.39, 0.29) is 24.1 Å². The number of hydrogen-bond donors (Lipinski definition) is 2. The van der Waals surface area contributed by atoms with Gasteiger partial charge in [0.05, 0.1) is 18.9 Å². The second-order valence-electron chi connectivity index (χ2n) is 8.82. The molecule has 2 heterocycles. The number of halogens is 3. The Morgan fingerprint density at radius 3 is 2.66 bits per heavy atom. The van der Waals surface area contributed by atoms with Crippen LogP contribution in [-0.4, -0.2) is 36.2 Å². The fourth-order valence-electron chi connectivity index (χ4n) is 4.31. The Morgan fingerprint density at radius 2 is 1.94 bits per heavy atom. The zero-order valence-corrected chi connectivity index (χ0v) is 19.4. The van der Waals surface area contributed by atoms with Crippen molar-refractivity contribution in [2.75, 3.05) is 18.5 Å². The average Bonchev–Trinajstić information content (AvgIpc) is 2.84. The van der Waals surface area contributed by atoms with Crippen molar-refractivity contribution < 1.29 is 22.7 Å². The highest BCUT2D eigenvalue weighted by molar-refractivity contribution is 5.92. The molecular weight excluding hydrogens is 455 g/mol. The third-order valence-corrected chi connectivity index (χ3v) is 6.23. The average molecular weight is 484 g/mol. The van der Waals surface area contributed by atoms with Gasteiger partial charge in [0.2, 0.25) is 5.91 Å². The zero-order chi connectivity index (χ0) is 24.8. The standard InChI is InChI=1S/C27H28F3N3O2/c1-17-16-35-20(14-32-17)9-10-22-24(29)3-2-4-26(22)33-27(34)13-23(18-5-7-19(28)8-6-18)21-11-12-31-15-25(21)30/h2-8,11-12,15,17,20,23,32H,9-10,13-14,16H2,1H3,(H,33,34)/t17-,20+,23-/m0/s1. The van der Waals surface area contributed by atoms with Gasteiger partial charge in [0.25, 0.3) is 0 Å². The van der Waals surface area contributed by atoms with Crippen molar-refractivity contribution in [2.24, 2.45) is 0 Å². The van der Waals surface area contributed by atoms with Crippen molar-refractivity contribution in [3.8, 4) is 0 Å². The molecule has 0 aliphatic carbocycles. The van der Waals surface area contributed by atoms with Gasteiger partial charge in [-0.1, -0.05) is 18.2 Å². The molecule has 184 valence electrons. The largest absolute Gasteiger partial charge is 0.375 e. The number of amides is 1. The summed E-state index contributed by atoms with van der Waals surface area (Å²) in [6.07, 6.45) is 3.37. The number of ether oxygens (including phenoxy) is 1. The third kappa shape index (κ3) is 6.46. The highest BCUT2D eigenvalue weighted by Gasteiger charge is 2.23. The number of anilines is 1. The first-order chi connectivity index (χ1) is 16.9. The van der Waals surface area contributed by atoms with Gasteiger partial charge in [0, 0.05) is 42.4 Å². The first kappa shape index (κ1) is 24.9. The lowest BCUT2D eigenvalue weighted by molar-refractivity contribution is -0.116. The SMILES string of the molecule is C[C@H]1CO[C@H](CCc2c(F)cccc2NC(=O)C[C@@H](c2ccc(F)cc2)c2ccncc2F)CN1. The number of nitrogens with one attached hydrogen (secondary N) is 2. The minimum Gasteiger partial charge on any atom is -0.375 e. The summed E-state index contributed by atoms with van der Waals surface area (Å²) in [5.74, 6) is -2.47. The Bertz CT molecular complexity index is 1150. The summed E-state index contributed by atoms with van der Waals surface area (Å²) < 4.78 is 48.5. The van der Waals surface area contributed by atoms with Crippen LogP contribution in [0.1, 0.15) is 42.4 Å². The lowest BCUT2D eigenvalue weighted by Crippen LogP contribution is -2.44. The highest BCUT2D eigenvalue weighted by Crippen LogP contribution is 2.31. The van der Waals surface area contributed by atoms with Crippen molar-refractivity contribution >= 4 is 11.6 Å². The first-order valence-corrected chi connectivity index (χ1v) is 11.7. The van der Waals surface area contributed by atoms with Gasteiger partial charge in [-0.15, -0.1) is 0 Å². The van der Waals surface area contributed by atoms with Crippen LogP contribution in [0.3, 0.4) is 0 Å². The zero-order valence-electron chi connectivity index (χ0n) is 19.4. The Labute approximate surface area is 202 Å². The van der Waals surface area contributed by atoms with E-state index in [2.05, 4.69) is 15.6 Å². The normalized spacial score (nSPS) is 18.7. The molecule has 1 aromatic heterocycles. The molecule has 0 unspecified atom stereocenters. The summed E-state index contributed by atoms with van der Waals surface area (Å²) in [7, 11) is 0. The predicted molar refractivity (Wildman–Crippen MR) is 128 cm³/mol. The van der Waals surface area contributed by atoms with Gasteiger partial charge in [0.15, 0.2) is 0 Å². The summed E-state index contributed by atoms with van der Waals surface area (Å²) in [5.41, 5.74) is 1.64. The Balaban J connectivity index is 1.50. The predicted octanol–water partition coefficient (Wildman–Crippen LogP) is 4.97. The molecule has 0 bridgehead atoms. The molecule has 1 aliphatic rings. The van der Waals surface area contributed by atoms with E-state index in [1.54, 1.807) is 6.07 Å². The fraction of sp³-hybridized carbons (Fsp3) is 0.333. The van der Waals surface area contributed by atoms with Gasteiger partial charge >= 0.3 is 0 Å².